The average Bonchev–Trinajstić information content (AvgIpc) is 3.10. The molecule has 6 nitrogen and oxygen atoms in total. The molecular weight excluding hydrogens is 436 g/mol. The molecule has 0 saturated carbocycles. The summed E-state index contributed by atoms with van der Waals surface area (Å²) in [6.07, 6.45) is 0. The van der Waals surface area contributed by atoms with Crippen molar-refractivity contribution < 1.29 is 19.1 Å². The molecule has 33 heavy (non-hydrogen) atoms. The maximum Gasteiger partial charge on any atom is 0.283 e. The number of benzene rings is 3. The Morgan fingerprint density at radius 1 is 0.727 bits per heavy atom. The molecule has 0 radical (unpaired) electrons. The lowest BCUT2D eigenvalue weighted by Gasteiger charge is -2.29. The summed E-state index contributed by atoms with van der Waals surface area (Å²) in [6.45, 7) is 2.20. The number of ether oxygens (including phenoxy) is 2. The van der Waals surface area contributed by atoms with Gasteiger partial charge in [-0.25, -0.2) is 4.90 Å². The number of amides is 2. The van der Waals surface area contributed by atoms with Crippen LogP contribution >= 0.6 is 11.8 Å². The molecule has 2 aliphatic rings. The highest BCUT2D eigenvalue weighted by molar-refractivity contribution is 8.04. The highest BCUT2D eigenvalue weighted by Gasteiger charge is 2.42. The number of thioether (sulfide) groups is 1. The number of para-hydroxylation sites is 1. The molecule has 5 rings (SSSR count). The molecular formula is C26H22N2O4S. The molecule has 2 amide bonds. The van der Waals surface area contributed by atoms with Crippen molar-refractivity contribution in [3.8, 4) is 11.5 Å². The Kier molecular flexibility index (Phi) is 6.15. The van der Waals surface area contributed by atoms with Gasteiger partial charge in [-0.1, -0.05) is 48.2 Å². The van der Waals surface area contributed by atoms with E-state index in [4.69, 9.17) is 9.47 Å². The van der Waals surface area contributed by atoms with Crippen LogP contribution < -0.4 is 9.64 Å². The van der Waals surface area contributed by atoms with Crippen LogP contribution in [-0.2, 0) is 14.3 Å². The highest BCUT2D eigenvalue weighted by Crippen LogP contribution is 2.39. The van der Waals surface area contributed by atoms with Gasteiger partial charge in [-0.2, -0.15) is 0 Å². The number of hydrogen-bond acceptors (Lipinski definition) is 6. The van der Waals surface area contributed by atoms with E-state index in [1.807, 2.05) is 65.6 Å². The molecule has 3 aromatic carbocycles. The topological polar surface area (TPSA) is 59.1 Å². The molecule has 0 spiro atoms. The fraction of sp³-hybridized carbons (Fsp3) is 0.154. The molecule has 0 unspecified atom stereocenters. The summed E-state index contributed by atoms with van der Waals surface area (Å²) in [7, 11) is 0. The minimum Gasteiger partial charge on any atom is -0.457 e. The lowest BCUT2D eigenvalue weighted by atomic mass is 10.2. The second-order valence-electron chi connectivity index (χ2n) is 7.55. The minimum atomic E-state index is -0.313. The van der Waals surface area contributed by atoms with E-state index in [1.165, 1.54) is 16.7 Å². The van der Waals surface area contributed by atoms with Gasteiger partial charge in [0.05, 0.1) is 18.9 Å². The summed E-state index contributed by atoms with van der Waals surface area (Å²) < 4.78 is 11.3. The van der Waals surface area contributed by atoms with Gasteiger partial charge in [0.15, 0.2) is 0 Å². The first-order valence-electron chi connectivity index (χ1n) is 10.7. The van der Waals surface area contributed by atoms with Crippen LogP contribution in [0, 0.1) is 0 Å². The van der Waals surface area contributed by atoms with Crippen LogP contribution in [0.25, 0.3) is 0 Å². The number of carbonyl (C=O) groups excluding carboxylic acids is 2. The smallest absolute Gasteiger partial charge is 0.283 e. The van der Waals surface area contributed by atoms with Crippen molar-refractivity contribution >= 4 is 29.3 Å². The number of anilines is 1. The van der Waals surface area contributed by atoms with E-state index in [-0.39, 0.29) is 11.8 Å². The summed E-state index contributed by atoms with van der Waals surface area (Å²) in [5.41, 5.74) is 0.960. The van der Waals surface area contributed by atoms with Gasteiger partial charge in [-0.15, -0.1) is 0 Å². The molecule has 0 atom stereocenters. The van der Waals surface area contributed by atoms with Crippen LogP contribution in [0.5, 0.6) is 11.5 Å². The predicted octanol–water partition coefficient (Wildman–Crippen LogP) is 4.69. The van der Waals surface area contributed by atoms with Crippen LogP contribution in [0.15, 0.2) is 100 Å². The van der Waals surface area contributed by atoms with E-state index < -0.39 is 0 Å². The Morgan fingerprint density at radius 2 is 1.33 bits per heavy atom. The first-order valence-corrected chi connectivity index (χ1v) is 11.5. The third-order valence-electron chi connectivity index (χ3n) is 5.38. The number of carbonyl (C=O) groups is 2. The van der Waals surface area contributed by atoms with E-state index in [9.17, 15) is 9.59 Å². The summed E-state index contributed by atoms with van der Waals surface area (Å²) in [5.74, 6) is 0.727. The number of hydrogen-bond donors (Lipinski definition) is 0. The molecule has 0 aliphatic carbocycles. The van der Waals surface area contributed by atoms with Gasteiger partial charge in [-0.05, 0) is 48.5 Å². The summed E-state index contributed by atoms with van der Waals surface area (Å²) in [6, 6.07) is 26.1. The number of rotatable bonds is 6. The van der Waals surface area contributed by atoms with E-state index >= 15 is 0 Å². The van der Waals surface area contributed by atoms with E-state index in [0.717, 1.165) is 10.6 Å². The van der Waals surface area contributed by atoms with Gasteiger partial charge >= 0.3 is 0 Å². The first kappa shape index (κ1) is 21.3. The second kappa shape index (κ2) is 9.52. The normalized spacial score (nSPS) is 16.5. The van der Waals surface area contributed by atoms with Crippen molar-refractivity contribution in [2.24, 2.45) is 0 Å². The summed E-state index contributed by atoms with van der Waals surface area (Å²) in [5, 5.41) is 0. The third-order valence-corrected chi connectivity index (χ3v) is 6.46. The standard InChI is InChI=1S/C26H22N2O4S/c29-25-23(27-15-17-31-18-16-27)24(33-22-9-5-2-6-10-22)26(30)28(25)19-11-13-21(14-12-19)32-20-7-3-1-4-8-20/h1-14H,15-18H2. The molecule has 2 aliphatic heterocycles. The molecule has 0 bridgehead atoms. The molecule has 3 aromatic rings. The van der Waals surface area contributed by atoms with Crippen LogP contribution in [0.2, 0.25) is 0 Å². The van der Waals surface area contributed by atoms with Crippen LogP contribution in [0.4, 0.5) is 5.69 Å². The average molecular weight is 459 g/mol. The maximum absolute atomic E-state index is 13.5. The predicted molar refractivity (Wildman–Crippen MR) is 127 cm³/mol. The van der Waals surface area contributed by atoms with Crippen LogP contribution in [0.1, 0.15) is 0 Å². The van der Waals surface area contributed by atoms with Crippen molar-refractivity contribution in [1.29, 1.82) is 0 Å². The van der Waals surface area contributed by atoms with Crippen LogP contribution in [-0.4, -0.2) is 43.0 Å². The zero-order chi connectivity index (χ0) is 22.6. The minimum absolute atomic E-state index is 0.308. The van der Waals surface area contributed by atoms with Crippen molar-refractivity contribution in [2.45, 2.75) is 4.90 Å². The largest absolute Gasteiger partial charge is 0.457 e. The molecule has 0 aromatic heterocycles. The summed E-state index contributed by atoms with van der Waals surface area (Å²) in [4.78, 5) is 31.6. The van der Waals surface area contributed by atoms with Crippen molar-refractivity contribution in [2.75, 3.05) is 31.2 Å². The lowest BCUT2D eigenvalue weighted by Crippen LogP contribution is -2.40. The Bertz CT molecular complexity index is 1170. The monoisotopic (exact) mass is 458 g/mol. The highest BCUT2D eigenvalue weighted by atomic mass is 32.2. The fourth-order valence-corrected chi connectivity index (χ4v) is 4.81. The zero-order valence-corrected chi connectivity index (χ0v) is 18.7. The quantitative estimate of drug-likeness (QED) is 0.500. The van der Waals surface area contributed by atoms with Gasteiger partial charge in [0.25, 0.3) is 11.8 Å². The summed E-state index contributed by atoms with van der Waals surface area (Å²) >= 11 is 1.33. The Balaban J connectivity index is 1.43. The van der Waals surface area contributed by atoms with Crippen molar-refractivity contribution in [3.63, 3.8) is 0 Å². The van der Waals surface area contributed by atoms with Crippen molar-refractivity contribution in [1.82, 2.24) is 4.90 Å². The molecule has 2 heterocycles. The third kappa shape index (κ3) is 4.51. The Hall–Kier alpha value is -3.55. The van der Waals surface area contributed by atoms with Gasteiger partial charge in [0, 0.05) is 18.0 Å². The van der Waals surface area contributed by atoms with Crippen LogP contribution in [0.3, 0.4) is 0 Å². The first-order chi connectivity index (χ1) is 16.2. The molecule has 1 saturated heterocycles. The Morgan fingerprint density at radius 3 is 2.00 bits per heavy atom. The lowest BCUT2D eigenvalue weighted by molar-refractivity contribution is -0.121. The second-order valence-corrected chi connectivity index (χ2v) is 8.63. The number of nitrogens with zero attached hydrogens (tertiary/aromatic N) is 2. The Labute approximate surface area is 196 Å². The van der Waals surface area contributed by atoms with Gasteiger partial charge < -0.3 is 14.4 Å². The van der Waals surface area contributed by atoms with Crippen molar-refractivity contribution in [3.05, 3.63) is 95.5 Å². The number of morpholine rings is 1. The van der Waals surface area contributed by atoms with E-state index in [0.29, 0.717) is 48.3 Å². The maximum atomic E-state index is 13.5. The number of imide groups is 1. The van der Waals surface area contributed by atoms with Gasteiger partial charge in [-0.3, -0.25) is 9.59 Å². The van der Waals surface area contributed by atoms with Gasteiger partial charge in [0.1, 0.15) is 22.1 Å². The SMILES string of the molecule is O=C1C(Sc2ccccc2)=C(N2CCOCC2)C(=O)N1c1ccc(Oc2ccccc2)cc1. The molecule has 7 heteroatoms. The van der Waals surface area contributed by atoms with E-state index in [2.05, 4.69) is 0 Å². The fourth-order valence-electron chi connectivity index (χ4n) is 3.78. The molecule has 1 fully saturated rings. The molecule has 0 N–H and O–H groups in total. The van der Waals surface area contributed by atoms with E-state index in [1.54, 1.807) is 24.3 Å². The van der Waals surface area contributed by atoms with Gasteiger partial charge in [0.2, 0.25) is 0 Å². The molecule has 166 valence electrons. The zero-order valence-electron chi connectivity index (χ0n) is 17.8.